The van der Waals surface area contributed by atoms with Gasteiger partial charge in [0.05, 0.1) is 11.9 Å². The predicted octanol–water partition coefficient (Wildman–Crippen LogP) is 6.21. The van der Waals surface area contributed by atoms with Gasteiger partial charge in [0.25, 0.3) is 0 Å². The first-order valence-electron chi connectivity index (χ1n) is 13.7. The minimum atomic E-state index is -0.613. The number of carbonyl (C=O) groups excluding carboxylic acids is 2. The Kier molecular flexibility index (Phi) is 7.66. The minimum Gasteiger partial charge on any atom is -0.461 e. The molecule has 1 N–H and O–H groups in total. The van der Waals surface area contributed by atoms with E-state index in [1.54, 1.807) is 11.8 Å². The fourth-order valence-electron chi connectivity index (χ4n) is 8.36. The van der Waals surface area contributed by atoms with E-state index in [4.69, 9.17) is 4.74 Å². The van der Waals surface area contributed by atoms with Crippen LogP contribution in [0.2, 0.25) is 0 Å². The van der Waals surface area contributed by atoms with E-state index >= 15 is 0 Å². The van der Waals surface area contributed by atoms with Gasteiger partial charge in [-0.25, -0.2) is 0 Å². The Morgan fingerprint density at radius 2 is 1.88 bits per heavy atom. The molecule has 8 atom stereocenters. The topological polar surface area (TPSA) is 63.6 Å². The van der Waals surface area contributed by atoms with Gasteiger partial charge in [-0.2, -0.15) is 0 Å². The van der Waals surface area contributed by atoms with Crippen molar-refractivity contribution >= 4 is 23.5 Å². The number of carbonyl (C=O) groups is 2. The summed E-state index contributed by atoms with van der Waals surface area (Å²) < 4.78 is 6.34. The zero-order chi connectivity index (χ0) is 24.7. The van der Waals surface area contributed by atoms with Crippen LogP contribution in [0, 0.1) is 39.9 Å². The van der Waals surface area contributed by atoms with E-state index in [9.17, 15) is 14.7 Å². The van der Waals surface area contributed by atoms with Crippen molar-refractivity contribution in [1.82, 2.24) is 0 Å². The first kappa shape index (κ1) is 26.3. The molecule has 0 saturated heterocycles. The van der Waals surface area contributed by atoms with Gasteiger partial charge < -0.3 is 9.84 Å². The van der Waals surface area contributed by atoms with Crippen LogP contribution in [0.25, 0.3) is 0 Å². The van der Waals surface area contributed by atoms with Crippen molar-refractivity contribution < 1.29 is 19.4 Å². The molecule has 0 heterocycles. The number of Topliss-reactive ketones (excluding diaryl/α,β-unsaturated/α-hetero) is 1. The van der Waals surface area contributed by atoms with Crippen LogP contribution in [0.4, 0.5) is 0 Å². The van der Waals surface area contributed by atoms with E-state index in [1.165, 1.54) is 32.1 Å². The Hall–Kier alpha value is -0.810. The lowest BCUT2D eigenvalue weighted by Gasteiger charge is -2.61. The number of hydrogen-bond donors (Lipinski definition) is 1. The van der Waals surface area contributed by atoms with Crippen molar-refractivity contribution in [3.63, 3.8) is 0 Å². The molecule has 2 bridgehead atoms. The van der Waals surface area contributed by atoms with E-state index in [2.05, 4.69) is 34.3 Å². The molecule has 4 aliphatic carbocycles. The fourth-order valence-corrected chi connectivity index (χ4v) is 9.38. The highest BCUT2D eigenvalue weighted by Crippen LogP contribution is 2.68. The average molecular weight is 491 g/mol. The zero-order valence-electron chi connectivity index (χ0n) is 21.8. The second-order valence-electron chi connectivity index (χ2n) is 12.6. The molecule has 0 aromatic carbocycles. The molecule has 4 rings (SSSR count). The molecule has 5 heteroatoms. The van der Waals surface area contributed by atoms with Crippen LogP contribution in [0.1, 0.15) is 91.9 Å². The smallest absolute Gasteiger partial charge is 0.316 e. The Morgan fingerprint density at radius 1 is 1.18 bits per heavy atom. The summed E-state index contributed by atoms with van der Waals surface area (Å²) in [6, 6.07) is 0. The number of ketones is 1. The van der Waals surface area contributed by atoms with Crippen molar-refractivity contribution in [3.8, 4) is 0 Å². The van der Waals surface area contributed by atoms with E-state index in [0.29, 0.717) is 24.4 Å². The van der Waals surface area contributed by atoms with Gasteiger partial charge in [0.15, 0.2) is 0 Å². The second-order valence-corrected chi connectivity index (χ2v) is 13.6. The van der Waals surface area contributed by atoms with Gasteiger partial charge in [-0.05, 0) is 67.4 Å². The normalized spacial score (nSPS) is 45.2. The van der Waals surface area contributed by atoms with E-state index in [0.717, 1.165) is 30.9 Å². The molecule has 0 aromatic heterocycles. The number of esters is 1. The molecular formula is C29H46O4S. The van der Waals surface area contributed by atoms with Gasteiger partial charge in [-0.1, -0.05) is 53.0 Å². The fraction of sp³-hybridized carbons (Fsp3) is 0.862. The summed E-state index contributed by atoms with van der Waals surface area (Å²) >= 11 is 1.70. The molecule has 1 unspecified atom stereocenters. The van der Waals surface area contributed by atoms with Crippen molar-refractivity contribution in [3.05, 3.63) is 12.7 Å². The third kappa shape index (κ3) is 4.31. The van der Waals surface area contributed by atoms with Gasteiger partial charge in [-0.15, -0.1) is 18.3 Å². The molecule has 4 nitrogen and oxygen atoms in total. The number of aliphatic hydroxyl groups excluding tert-OH is 1. The molecule has 0 spiro atoms. The van der Waals surface area contributed by atoms with Gasteiger partial charge in [0.1, 0.15) is 11.9 Å². The van der Waals surface area contributed by atoms with Crippen molar-refractivity contribution in [2.75, 3.05) is 11.5 Å². The zero-order valence-corrected chi connectivity index (χ0v) is 22.6. The molecule has 0 amide bonds. The maximum atomic E-state index is 13.4. The number of aliphatic hydroxyl groups is 1. The largest absolute Gasteiger partial charge is 0.461 e. The van der Waals surface area contributed by atoms with E-state index in [-0.39, 0.29) is 29.1 Å². The van der Waals surface area contributed by atoms with Crippen LogP contribution >= 0.6 is 11.8 Å². The van der Waals surface area contributed by atoms with Crippen LogP contribution in [0.15, 0.2) is 12.7 Å². The van der Waals surface area contributed by atoms with Crippen LogP contribution in [-0.4, -0.2) is 40.6 Å². The predicted molar refractivity (Wildman–Crippen MR) is 139 cm³/mol. The van der Waals surface area contributed by atoms with Gasteiger partial charge in [-0.3, -0.25) is 9.59 Å². The molecule has 0 radical (unpaired) electrons. The highest BCUT2D eigenvalue weighted by Gasteiger charge is 2.68. The maximum Gasteiger partial charge on any atom is 0.316 e. The lowest BCUT2D eigenvalue weighted by molar-refractivity contribution is -0.205. The maximum absolute atomic E-state index is 13.4. The first-order valence-corrected chi connectivity index (χ1v) is 14.9. The Balaban J connectivity index is 1.59. The summed E-state index contributed by atoms with van der Waals surface area (Å²) in [6.45, 7) is 12.7. The van der Waals surface area contributed by atoms with Crippen LogP contribution < -0.4 is 0 Å². The Bertz CT molecular complexity index is 791. The van der Waals surface area contributed by atoms with Crippen LogP contribution in [0.5, 0.6) is 0 Å². The number of thioether (sulfide) groups is 1. The molecule has 34 heavy (non-hydrogen) atoms. The molecule has 4 fully saturated rings. The Morgan fingerprint density at radius 3 is 2.56 bits per heavy atom. The van der Waals surface area contributed by atoms with Gasteiger partial charge in [0, 0.05) is 23.2 Å². The highest BCUT2D eigenvalue weighted by atomic mass is 32.2. The first-order chi connectivity index (χ1) is 16.1. The summed E-state index contributed by atoms with van der Waals surface area (Å²) in [5, 5.41) is 11.6. The molecular weight excluding hydrogens is 444 g/mol. The third-order valence-electron chi connectivity index (χ3n) is 10.9. The SMILES string of the molecule is C=C[C@]1(C)C[C@@H](OC(=O)CSCC2CCCCC2)[C@]2(C)C(C)CC[C@]3(CCC(=O)[C@H]32)[C@@H](C)[C@@H]1O. The molecule has 4 aliphatic rings. The van der Waals surface area contributed by atoms with Crippen molar-refractivity contribution in [1.29, 1.82) is 0 Å². The van der Waals surface area contributed by atoms with Crippen LogP contribution in [-0.2, 0) is 14.3 Å². The summed E-state index contributed by atoms with van der Waals surface area (Å²) in [7, 11) is 0. The van der Waals surface area contributed by atoms with Crippen LogP contribution in [0.3, 0.4) is 0 Å². The average Bonchev–Trinajstić information content (AvgIpc) is 3.18. The van der Waals surface area contributed by atoms with Crippen molar-refractivity contribution in [2.45, 2.75) is 104 Å². The summed E-state index contributed by atoms with van der Waals surface area (Å²) in [6.07, 6.45) is 11.3. The molecule has 0 aliphatic heterocycles. The quantitative estimate of drug-likeness (QED) is 0.354. The molecule has 4 saturated carbocycles. The standard InChI is InChI=1S/C29H46O4S/c1-6-27(4)16-23(33-24(31)18-34-17-21-10-8-7-9-11-21)28(5)19(2)12-14-29(20(3)26(27)32)15-13-22(30)25(28)29/h6,19-21,23,25-26,32H,1,7-18H2,2-5H3/t19?,20-,23+,25-,26-,27+,28-,29-/m0/s1. The lowest BCUT2D eigenvalue weighted by Crippen LogP contribution is -2.63. The Labute approximate surface area is 211 Å². The molecule has 0 aromatic rings. The highest BCUT2D eigenvalue weighted by molar-refractivity contribution is 7.99. The summed E-state index contributed by atoms with van der Waals surface area (Å²) in [4.78, 5) is 26.6. The minimum absolute atomic E-state index is 0.00137. The lowest BCUT2D eigenvalue weighted by atomic mass is 9.44. The monoisotopic (exact) mass is 490 g/mol. The third-order valence-corrected chi connectivity index (χ3v) is 12.0. The second kappa shape index (κ2) is 9.92. The summed E-state index contributed by atoms with van der Waals surface area (Å²) in [5.41, 5.74) is -1.21. The summed E-state index contributed by atoms with van der Waals surface area (Å²) in [5.74, 6) is 2.37. The number of ether oxygens (including phenoxy) is 1. The number of hydrogen-bond acceptors (Lipinski definition) is 5. The van der Waals surface area contributed by atoms with Crippen molar-refractivity contribution in [2.24, 2.45) is 39.9 Å². The van der Waals surface area contributed by atoms with Gasteiger partial charge in [0.2, 0.25) is 0 Å². The van der Waals surface area contributed by atoms with E-state index in [1.807, 2.05) is 6.08 Å². The van der Waals surface area contributed by atoms with E-state index < -0.39 is 23.0 Å². The number of rotatable bonds is 6. The molecule has 192 valence electrons. The van der Waals surface area contributed by atoms with Gasteiger partial charge >= 0.3 is 5.97 Å².